The van der Waals surface area contributed by atoms with E-state index in [9.17, 15) is 14.4 Å². The summed E-state index contributed by atoms with van der Waals surface area (Å²) in [6.45, 7) is 1.79. The van der Waals surface area contributed by atoms with Crippen LogP contribution in [0.4, 0.5) is 4.79 Å². The van der Waals surface area contributed by atoms with Crippen molar-refractivity contribution in [3.05, 3.63) is 65.7 Å². The standard InChI is InChI=1S/C22H22N4O4S/c1-2-12-23-22(29)24-19(27)15-30-20(28)11-10-16-14-26(17-7-4-3-5-8-17)25-21(16)18-9-6-13-31-18/h3-11,13-14H,2,12,15H2,1H3,(H2,23,24,27,29)/b11-10+. The molecule has 0 aliphatic heterocycles. The van der Waals surface area contributed by atoms with E-state index in [-0.39, 0.29) is 0 Å². The molecule has 0 unspecified atom stereocenters. The number of nitrogens with zero attached hydrogens (tertiary/aromatic N) is 2. The van der Waals surface area contributed by atoms with Crippen LogP contribution < -0.4 is 10.6 Å². The van der Waals surface area contributed by atoms with Crippen molar-refractivity contribution in [3.63, 3.8) is 0 Å². The van der Waals surface area contributed by atoms with Gasteiger partial charge >= 0.3 is 12.0 Å². The zero-order chi connectivity index (χ0) is 22.1. The number of para-hydroxylation sites is 1. The molecule has 8 nitrogen and oxygen atoms in total. The lowest BCUT2D eigenvalue weighted by atomic mass is 10.2. The molecule has 2 aromatic heterocycles. The number of thiophene rings is 1. The van der Waals surface area contributed by atoms with E-state index in [1.165, 1.54) is 6.08 Å². The molecule has 0 fully saturated rings. The van der Waals surface area contributed by atoms with Crippen LogP contribution in [-0.2, 0) is 14.3 Å². The molecule has 1 aromatic carbocycles. The van der Waals surface area contributed by atoms with Gasteiger partial charge in [0.2, 0.25) is 0 Å². The molecule has 0 spiro atoms. The van der Waals surface area contributed by atoms with Gasteiger partial charge in [-0.3, -0.25) is 10.1 Å². The van der Waals surface area contributed by atoms with Crippen LogP contribution in [0.2, 0.25) is 0 Å². The smallest absolute Gasteiger partial charge is 0.331 e. The zero-order valence-corrected chi connectivity index (χ0v) is 17.7. The van der Waals surface area contributed by atoms with E-state index in [1.54, 1.807) is 22.1 Å². The number of rotatable bonds is 8. The van der Waals surface area contributed by atoms with Gasteiger partial charge in [-0.2, -0.15) is 5.10 Å². The van der Waals surface area contributed by atoms with E-state index in [0.29, 0.717) is 6.54 Å². The fourth-order valence-electron chi connectivity index (χ4n) is 2.62. The molecule has 9 heteroatoms. The normalized spacial score (nSPS) is 10.7. The van der Waals surface area contributed by atoms with Crippen LogP contribution in [0.5, 0.6) is 0 Å². The minimum Gasteiger partial charge on any atom is -0.452 e. The van der Waals surface area contributed by atoms with Crippen molar-refractivity contribution in [2.75, 3.05) is 13.2 Å². The van der Waals surface area contributed by atoms with Gasteiger partial charge in [0.1, 0.15) is 5.69 Å². The highest BCUT2D eigenvalue weighted by molar-refractivity contribution is 7.13. The molecule has 0 aliphatic rings. The molecule has 0 saturated carbocycles. The predicted molar refractivity (Wildman–Crippen MR) is 119 cm³/mol. The predicted octanol–water partition coefficient (Wildman–Crippen LogP) is 3.39. The van der Waals surface area contributed by atoms with Crippen LogP contribution in [0, 0.1) is 0 Å². The van der Waals surface area contributed by atoms with E-state index in [0.717, 1.165) is 28.2 Å². The van der Waals surface area contributed by atoms with Gasteiger partial charge in [-0.15, -0.1) is 11.3 Å². The first-order valence-electron chi connectivity index (χ1n) is 9.68. The molecule has 0 saturated heterocycles. The summed E-state index contributed by atoms with van der Waals surface area (Å²) < 4.78 is 6.65. The topological polar surface area (TPSA) is 102 Å². The molecule has 31 heavy (non-hydrogen) atoms. The lowest BCUT2D eigenvalue weighted by molar-refractivity contribution is -0.143. The summed E-state index contributed by atoms with van der Waals surface area (Å²) in [5.74, 6) is -1.40. The van der Waals surface area contributed by atoms with Gasteiger partial charge in [0.05, 0.1) is 10.6 Å². The third-order valence-electron chi connectivity index (χ3n) is 4.05. The maximum absolute atomic E-state index is 12.0. The molecule has 0 bridgehead atoms. The SMILES string of the molecule is CCCNC(=O)NC(=O)COC(=O)/C=C/c1cn(-c2ccccc2)nc1-c1cccs1. The number of esters is 1. The average Bonchev–Trinajstić information content (AvgIpc) is 3.45. The van der Waals surface area contributed by atoms with E-state index in [4.69, 9.17) is 4.74 Å². The summed E-state index contributed by atoms with van der Waals surface area (Å²) in [5.41, 5.74) is 2.35. The van der Waals surface area contributed by atoms with Crippen LogP contribution in [0.25, 0.3) is 22.3 Å². The molecule has 3 rings (SSSR count). The largest absolute Gasteiger partial charge is 0.452 e. The number of carbonyl (C=O) groups excluding carboxylic acids is 3. The molecule has 2 heterocycles. The molecule has 3 aromatic rings. The van der Waals surface area contributed by atoms with Gasteiger partial charge in [0.15, 0.2) is 6.61 Å². The average molecular weight is 439 g/mol. The van der Waals surface area contributed by atoms with Crippen LogP contribution in [-0.4, -0.2) is 40.8 Å². The van der Waals surface area contributed by atoms with Crippen LogP contribution in [0.15, 0.2) is 60.1 Å². The van der Waals surface area contributed by atoms with Crippen molar-refractivity contribution >= 4 is 35.3 Å². The summed E-state index contributed by atoms with van der Waals surface area (Å²) in [6.07, 6.45) is 5.39. The quantitative estimate of drug-likeness (QED) is 0.415. The number of urea groups is 1. The van der Waals surface area contributed by atoms with Crippen LogP contribution in [0.1, 0.15) is 18.9 Å². The Balaban J connectivity index is 1.65. The third kappa shape index (κ3) is 6.38. The molecular weight excluding hydrogens is 416 g/mol. The Hall–Kier alpha value is -3.72. The minimum atomic E-state index is -0.702. The summed E-state index contributed by atoms with van der Waals surface area (Å²) in [5, 5.41) is 11.2. The Labute approximate surface area is 183 Å². The van der Waals surface area contributed by atoms with Gasteiger partial charge in [-0.25, -0.2) is 14.3 Å². The summed E-state index contributed by atoms with van der Waals surface area (Å²) >= 11 is 1.54. The fraction of sp³-hybridized carbons (Fsp3) is 0.182. The number of imide groups is 1. The molecule has 2 N–H and O–H groups in total. The second kappa shape index (κ2) is 10.9. The van der Waals surface area contributed by atoms with Crippen molar-refractivity contribution in [3.8, 4) is 16.3 Å². The second-order valence-electron chi connectivity index (χ2n) is 6.44. The number of ether oxygens (including phenoxy) is 1. The molecule has 160 valence electrons. The number of hydrogen-bond donors (Lipinski definition) is 2. The highest BCUT2D eigenvalue weighted by atomic mass is 32.1. The Morgan fingerprint density at radius 2 is 1.97 bits per heavy atom. The van der Waals surface area contributed by atoms with E-state index < -0.39 is 24.5 Å². The fourth-order valence-corrected chi connectivity index (χ4v) is 3.35. The first-order valence-corrected chi connectivity index (χ1v) is 10.6. The second-order valence-corrected chi connectivity index (χ2v) is 7.38. The first-order chi connectivity index (χ1) is 15.1. The molecule has 3 amide bonds. The Morgan fingerprint density at radius 3 is 2.68 bits per heavy atom. The number of benzene rings is 1. The Morgan fingerprint density at radius 1 is 1.16 bits per heavy atom. The number of nitrogens with one attached hydrogen (secondary N) is 2. The summed E-state index contributed by atoms with van der Waals surface area (Å²) in [6, 6.07) is 12.9. The van der Waals surface area contributed by atoms with E-state index in [2.05, 4.69) is 15.7 Å². The van der Waals surface area contributed by atoms with Crippen molar-refractivity contribution in [2.45, 2.75) is 13.3 Å². The first kappa shape index (κ1) is 22.0. The van der Waals surface area contributed by atoms with Crippen LogP contribution >= 0.6 is 11.3 Å². The third-order valence-corrected chi connectivity index (χ3v) is 4.93. The minimum absolute atomic E-state index is 0.449. The molecule has 0 atom stereocenters. The molecule has 0 aliphatic carbocycles. The maximum atomic E-state index is 12.0. The maximum Gasteiger partial charge on any atom is 0.331 e. The number of aromatic nitrogens is 2. The highest BCUT2D eigenvalue weighted by Crippen LogP contribution is 2.28. The molecular formula is C22H22N4O4S. The summed E-state index contributed by atoms with van der Waals surface area (Å²) in [4.78, 5) is 36.1. The number of hydrogen-bond acceptors (Lipinski definition) is 6. The summed E-state index contributed by atoms with van der Waals surface area (Å²) in [7, 11) is 0. The van der Waals surface area contributed by atoms with Crippen molar-refractivity contribution in [2.24, 2.45) is 0 Å². The highest BCUT2D eigenvalue weighted by Gasteiger charge is 2.13. The monoisotopic (exact) mass is 438 g/mol. The van der Waals surface area contributed by atoms with Gasteiger partial charge in [-0.1, -0.05) is 31.2 Å². The van der Waals surface area contributed by atoms with Crippen molar-refractivity contribution in [1.82, 2.24) is 20.4 Å². The van der Waals surface area contributed by atoms with Gasteiger partial charge in [0, 0.05) is 24.4 Å². The van der Waals surface area contributed by atoms with Crippen LogP contribution in [0.3, 0.4) is 0 Å². The lowest BCUT2D eigenvalue weighted by Crippen LogP contribution is -2.41. The van der Waals surface area contributed by atoms with E-state index in [1.807, 2.05) is 61.0 Å². The van der Waals surface area contributed by atoms with Gasteiger partial charge in [-0.05, 0) is 36.1 Å². The molecule has 0 radical (unpaired) electrons. The van der Waals surface area contributed by atoms with Gasteiger partial charge in [0.25, 0.3) is 5.91 Å². The van der Waals surface area contributed by atoms with Crippen molar-refractivity contribution in [1.29, 1.82) is 0 Å². The van der Waals surface area contributed by atoms with E-state index >= 15 is 0 Å². The number of amides is 3. The Bertz CT molecular complexity index is 1060. The zero-order valence-electron chi connectivity index (χ0n) is 16.9. The lowest BCUT2D eigenvalue weighted by Gasteiger charge is -2.05. The number of carbonyl (C=O) groups is 3. The van der Waals surface area contributed by atoms with Crippen molar-refractivity contribution < 1.29 is 19.1 Å². The van der Waals surface area contributed by atoms with Gasteiger partial charge < -0.3 is 10.1 Å². The Kier molecular flexibility index (Phi) is 7.72.